The van der Waals surface area contributed by atoms with Crippen LogP contribution in [-0.4, -0.2) is 47.5 Å². The van der Waals surface area contributed by atoms with Crippen LogP contribution in [0.5, 0.6) is 0 Å². The van der Waals surface area contributed by atoms with Gasteiger partial charge in [0.25, 0.3) is 11.8 Å². The molecule has 1 N–H and O–H groups in total. The predicted octanol–water partition coefficient (Wildman–Crippen LogP) is 2.06. The van der Waals surface area contributed by atoms with Crippen LogP contribution in [0, 0.1) is 0 Å². The third-order valence-corrected chi connectivity index (χ3v) is 4.34. The Morgan fingerprint density at radius 2 is 1.52 bits per heavy atom. The second kappa shape index (κ2) is 8.47. The van der Waals surface area contributed by atoms with E-state index in [0.717, 1.165) is 4.90 Å². The molecule has 0 aromatic heterocycles. The molecule has 0 unspecified atom stereocenters. The lowest BCUT2D eigenvalue weighted by atomic mass is 10.1. The molecule has 0 aliphatic carbocycles. The van der Waals surface area contributed by atoms with E-state index in [2.05, 4.69) is 5.32 Å². The van der Waals surface area contributed by atoms with Crippen LogP contribution in [0.25, 0.3) is 0 Å². The molecule has 3 rings (SSSR count). The largest absolute Gasteiger partial charge is 0.456 e. The van der Waals surface area contributed by atoms with Crippen molar-refractivity contribution in [3.63, 3.8) is 0 Å². The Balaban J connectivity index is 1.53. The summed E-state index contributed by atoms with van der Waals surface area (Å²) >= 11 is 0. The van der Waals surface area contributed by atoms with E-state index in [0.29, 0.717) is 17.7 Å². The number of carbonyl (C=O) groups excluding carboxylic acids is 5. The normalized spacial score (nSPS) is 12.5. The van der Waals surface area contributed by atoms with Crippen molar-refractivity contribution >= 4 is 35.2 Å². The smallest absolute Gasteiger partial charge is 0.326 e. The molecule has 0 bridgehead atoms. The van der Waals surface area contributed by atoms with Gasteiger partial charge in [-0.1, -0.05) is 19.1 Å². The molecular formula is C21H18N2O6. The number of ketones is 1. The van der Waals surface area contributed by atoms with Gasteiger partial charge in [0.05, 0.1) is 11.1 Å². The van der Waals surface area contributed by atoms with E-state index in [-0.39, 0.29) is 17.0 Å². The number of rotatable bonds is 7. The first-order valence-corrected chi connectivity index (χ1v) is 8.94. The molecule has 1 aliphatic heterocycles. The Hall–Kier alpha value is -3.81. The van der Waals surface area contributed by atoms with Crippen molar-refractivity contribution in [2.45, 2.75) is 13.3 Å². The molecule has 148 valence electrons. The van der Waals surface area contributed by atoms with Crippen LogP contribution in [0.1, 0.15) is 44.4 Å². The molecule has 0 saturated carbocycles. The van der Waals surface area contributed by atoms with Gasteiger partial charge in [-0.3, -0.25) is 28.9 Å². The molecule has 8 heteroatoms. The Bertz CT molecular complexity index is 961. The average Bonchev–Trinajstić information content (AvgIpc) is 2.97. The highest BCUT2D eigenvalue weighted by atomic mass is 16.5. The Morgan fingerprint density at radius 1 is 0.931 bits per heavy atom. The lowest BCUT2D eigenvalue weighted by Gasteiger charge is -2.12. The number of hydrogen-bond donors (Lipinski definition) is 1. The quantitative estimate of drug-likeness (QED) is 0.437. The van der Waals surface area contributed by atoms with Crippen molar-refractivity contribution in [1.82, 2.24) is 4.90 Å². The fourth-order valence-corrected chi connectivity index (χ4v) is 2.78. The summed E-state index contributed by atoms with van der Waals surface area (Å²) in [4.78, 5) is 60.8. The molecule has 1 aliphatic rings. The number of imide groups is 1. The van der Waals surface area contributed by atoms with Crippen LogP contribution in [0.2, 0.25) is 0 Å². The van der Waals surface area contributed by atoms with Crippen LogP contribution >= 0.6 is 0 Å². The number of benzene rings is 2. The highest BCUT2D eigenvalue weighted by molar-refractivity contribution is 6.22. The van der Waals surface area contributed by atoms with Gasteiger partial charge in [0, 0.05) is 17.7 Å². The number of nitrogens with one attached hydrogen (secondary N) is 1. The third kappa shape index (κ3) is 4.37. The Labute approximate surface area is 166 Å². The fraction of sp³-hybridized carbons (Fsp3) is 0.190. The molecule has 0 spiro atoms. The molecule has 0 saturated heterocycles. The van der Waals surface area contributed by atoms with Crippen LogP contribution in [0.15, 0.2) is 48.5 Å². The molecule has 0 fully saturated rings. The van der Waals surface area contributed by atoms with Gasteiger partial charge in [0.2, 0.25) is 5.91 Å². The lowest BCUT2D eigenvalue weighted by molar-refractivity contribution is -0.142. The van der Waals surface area contributed by atoms with Crippen LogP contribution in [-0.2, 0) is 14.3 Å². The van der Waals surface area contributed by atoms with Crippen molar-refractivity contribution in [2.75, 3.05) is 18.5 Å². The Morgan fingerprint density at radius 3 is 2.07 bits per heavy atom. The topological polar surface area (TPSA) is 110 Å². The molecule has 3 amide bonds. The zero-order chi connectivity index (χ0) is 21.0. The van der Waals surface area contributed by atoms with Gasteiger partial charge in [0.15, 0.2) is 12.4 Å². The standard InChI is InChI=1S/C21H18N2O6/c1-2-18(25)22-14-9-7-13(8-10-14)17(24)12-29-19(26)11-23-20(27)15-5-3-4-6-16(15)21(23)28/h3-10H,2,11-12H2,1H3,(H,22,25). The number of nitrogens with zero attached hydrogens (tertiary/aromatic N) is 1. The van der Waals surface area contributed by atoms with Crippen molar-refractivity contribution in [1.29, 1.82) is 0 Å². The summed E-state index contributed by atoms with van der Waals surface area (Å²) in [6.45, 7) is 0.633. The van der Waals surface area contributed by atoms with E-state index in [4.69, 9.17) is 4.74 Å². The summed E-state index contributed by atoms with van der Waals surface area (Å²) in [7, 11) is 0. The molecule has 0 radical (unpaired) electrons. The molecule has 2 aromatic carbocycles. The van der Waals surface area contributed by atoms with E-state index >= 15 is 0 Å². The zero-order valence-corrected chi connectivity index (χ0v) is 15.6. The highest BCUT2D eigenvalue weighted by Gasteiger charge is 2.36. The average molecular weight is 394 g/mol. The van der Waals surface area contributed by atoms with Gasteiger partial charge >= 0.3 is 5.97 Å². The number of amides is 3. The van der Waals surface area contributed by atoms with E-state index < -0.39 is 36.7 Å². The summed E-state index contributed by atoms with van der Waals surface area (Å²) in [5.74, 6) is -2.60. The number of hydrogen-bond acceptors (Lipinski definition) is 6. The highest BCUT2D eigenvalue weighted by Crippen LogP contribution is 2.22. The van der Waals surface area contributed by atoms with Crippen molar-refractivity contribution in [3.05, 3.63) is 65.2 Å². The van der Waals surface area contributed by atoms with Crippen LogP contribution in [0.4, 0.5) is 5.69 Å². The summed E-state index contributed by atoms with van der Waals surface area (Å²) in [6, 6.07) is 12.4. The van der Waals surface area contributed by atoms with Gasteiger partial charge in [-0.2, -0.15) is 0 Å². The maximum Gasteiger partial charge on any atom is 0.326 e. The van der Waals surface area contributed by atoms with E-state index in [1.54, 1.807) is 31.2 Å². The van der Waals surface area contributed by atoms with Crippen LogP contribution < -0.4 is 5.32 Å². The second-order valence-corrected chi connectivity index (χ2v) is 6.30. The summed E-state index contributed by atoms with van der Waals surface area (Å²) < 4.78 is 4.92. The minimum atomic E-state index is -0.861. The summed E-state index contributed by atoms with van der Waals surface area (Å²) in [6.07, 6.45) is 0.337. The second-order valence-electron chi connectivity index (χ2n) is 6.30. The van der Waals surface area contributed by atoms with Crippen molar-refractivity contribution < 1.29 is 28.7 Å². The number of ether oxygens (including phenoxy) is 1. The van der Waals surface area contributed by atoms with Gasteiger partial charge in [-0.25, -0.2) is 0 Å². The molecular weight excluding hydrogens is 376 g/mol. The van der Waals surface area contributed by atoms with Crippen LogP contribution in [0.3, 0.4) is 0 Å². The number of anilines is 1. The van der Waals surface area contributed by atoms with E-state index in [1.165, 1.54) is 24.3 Å². The minimum absolute atomic E-state index is 0.147. The first kappa shape index (κ1) is 19.9. The molecule has 2 aromatic rings. The van der Waals surface area contributed by atoms with E-state index in [1.807, 2.05) is 0 Å². The molecule has 1 heterocycles. The maximum atomic E-state index is 12.2. The minimum Gasteiger partial charge on any atom is -0.456 e. The third-order valence-electron chi connectivity index (χ3n) is 4.34. The SMILES string of the molecule is CCC(=O)Nc1ccc(C(=O)COC(=O)CN2C(=O)c3ccccc3C2=O)cc1. The van der Waals surface area contributed by atoms with Gasteiger partial charge in [-0.15, -0.1) is 0 Å². The van der Waals surface area contributed by atoms with Crippen molar-refractivity contribution in [2.24, 2.45) is 0 Å². The monoisotopic (exact) mass is 394 g/mol. The molecule has 8 nitrogen and oxygen atoms in total. The predicted molar refractivity (Wildman–Crippen MR) is 102 cm³/mol. The summed E-state index contributed by atoms with van der Waals surface area (Å²) in [5.41, 5.74) is 1.32. The lowest BCUT2D eigenvalue weighted by Crippen LogP contribution is -2.36. The van der Waals surface area contributed by atoms with Gasteiger partial charge in [0.1, 0.15) is 6.54 Å². The van der Waals surface area contributed by atoms with Gasteiger partial charge < -0.3 is 10.1 Å². The first-order valence-electron chi connectivity index (χ1n) is 8.94. The zero-order valence-electron chi connectivity index (χ0n) is 15.6. The number of carbonyl (C=O) groups is 5. The van der Waals surface area contributed by atoms with Crippen molar-refractivity contribution in [3.8, 4) is 0 Å². The number of fused-ring (bicyclic) bond motifs is 1. The molecule has 29 heavy (non-hydrogen) atoms. The van der Waals surface area contributed by atoms with E-state index in [9.17, 15) is 24.0 Å². The first-order chi connectivity index (χ1) is 13.9. The fourth-order valence-electron chi connectivity index (χ4n) is 2.78. The summed E-state index contributed by atoms with van der Waals surface area (Å²) in [5, 5.41) is 2.66. The van der Waals surface area contributed by atoms with Gasteiger partial charge in [-0.05, 0) is 36.4 Å². The Kier molecular flexibility index (Phi) is 5.82. The maximum absolute atomic E-state index is 12.2. The number of esters is 1. The number of Topliss-reactive ketones (excluding diaryl/α,β-unsaturated/α-hetero) is 1. The molecule has 0 atom stereocenters.